The van der Waals surface area contributed by atoms with Crippen LogP contribution in [0.3, 0.4) is 0 Å². The third-order valence-electron chi connectivity index (χ3n) is 3.31. The number of hydrogen-bond acceptors (Lipinski definition) is 7. The van der Waals surface area contributed by atoms with Crippen LogP contribution in [0.5, 0.6) is 0 Å². The van der Waals surface area contributed by atoms with E-state index in [1.54, 1.807) is 23.0 Å². The van der Waals surface area contributed by atoms with E-state index in [2.05, 4.69) is 15.2 Å². The van der Waals surface area contributed by atoms with Gasteiger partial charge in [-0.3, -0.25) is 4.57 Å². The number of nitrogens with zero attached hydrogens (tertiary/aromatic N) is 3. The van der Waals surface area contributed by atoms with E-state index in [0.29, 0.717) is 24.1 Å². The third kappa shape index (κ3) is 3.97. The van der Waals surface area contributed by atoms with Crippen molar-refractivity contribution in [1.82, 2.24) is 19.7 Å². The van der Waals surface area contributed by atoms with E-state index in [9.17, 15) is 4.79 Å². The quantitative estimate of drug-likeness (QED) is 0.487. The van der Waals surface area contributed by atoms with Crippen LogP contribution in [0.15, 0.2) is 31.9 Å². The Kier molecular flexibility index (Phi) is 5.54. The lowest BCUT2D eigenvalue weighted by Gasteiger charge is -2.04. The van der Waals surface area contributed by atoms with E-state index in [1.807, 2.05) is 24.4 Å². The highest BCUT2D eigenvalue weighted by Crippen LogP contribution is 2.28. The second kappa shape index (κ2) is 7.82. The number of ether oxygens (including phenoxy) is 1. The van der Waals surface area contributed by atoms with Crippen molar-refractivity contribution in [2.45, 2.75) is 30.8 Å². The predicted molar refractivity (Wildman–Crippen MR) is 93.5 cm³/mol. The standard InChI is InChI=1S/C15H18N4O3S2/c1-10-4-5-12(22-10)13-16-11(8-23-13)9-24-15-18-17-14(20)19(15)6-3-7-21-2/h4-5,8H,3,6-7,9H2,1-2H3,(H,17,20). The van der Waals surface area contributed by atoms with Crippen LogP contribution < -0.4 is 5.69 Å². The summed E-state index contributed by atoms with van der Waals surface area (Å²) >= 11 is 3.03. The Labute approximate surface area is 147 Å². The highest BCUT2D eigenvalue weighted by Gasteiger charge is 2.12. The molecule has 7 nitrogen and oxygen atoms in total. The van der Waals surface area contributed by atoms with Crippen LogP contribution >= 0.6 is 23.1 Å². The van der Waals surface area contributed by atoms with Gasteiger partial charge in [0.15, 0.2) is 15.9 Å². The minimum absolute atomic E-state index is 0.196. The zero-order valence-corrected chi connectivity index (χ0v) is 15.1. The van der Waals surface area contributed by atoms with Gasteiger partial charge in [-0.2, -0.15) is 0 Å². The van der Waals surface area contributed by atoms with E-state index in [4.69, 9.17) is 9.15 Å². The number of aromatic amines is 1. The lowest BCUT2D eigenvalue weighted by atomic mass is 10.4. The molecule has 0 saturated carbocycles. The van der Waals surface area contributed by atoms with Crippen molar-refractivity contribution < 1.29 is 9.15 Å². The molecule has 0 radical (unpaired) electrons. The fourth-order valence-corrected chi connectivity index (χ4v) is 3.90. The van der Waals surface area contributed by atoms with Crippen LogP contribution in [-0.4, -0.2) is 33.5 Å². The fraction of sp³-hybridized carbons (Fsp3) is 0.400. The number of rotatable bonds is 8. The molecule has 3 rings (SSSR count). The molecule has 1 N–H and O–H groups in total. The van der Waals surface area contributed by atoms with Crippen molar-refractivity contribution in [3.8, 4) is 10.8 Å². The van der Waals surface area contributed by atoms with Gasteiger partial charge in [0.2, 0.25) is 0 Å². The van der Waals surface area contributed by atoms with Gasteiger partial charge in [0.1, 0.15) is 5.76 Å². The minimum atomic E-state index is -0.196. The van der Waals surface area contributed by atoms with Gasteiger partial charge in [0, 0.05) is 31.4 Å². The minimum Gasteiger partial charge on any atom is -0.459 e. The Morgan fingerprint density at radius 1 is 1.46 bits per heavy atom. The van der Waals surface area contributed by atoms with Crippen molar-refractivity contribution in [3.05, 3.63) is 39.5 Å². The Balaban J connectivity index is 1.64. The smallest absolute Gasteiger partial charge is 0.343 e. The molecule has 9 heteroatoms. The number of H-pyrrole nitrogens is 1. The van der Waals surface area contributed by atoms with E-state index in [-0.39, 0.29) is 5.69 Å². The van der Waals surface area contributed by atoms with Gasteiger partial charge >= 0.3 is 5.69 Å². The van der Waals surface area contributed by atoms with Crippen LogP contribution in [-0.2, 0) is 17.0 Å². The molecule has 0 fully saturated rings. The summed E-state index contributed by atoms with van der Waals surface area (Å²) < 4.78 is 12.2. The average molecular weight is 366 g/mol. The SMILES string of the molecule is COCCCn1c(SCc2csc(-c3ccc(C)o3)n2)n[nH]c1=O. The van der Waals surface area contributed by atoms with Gasteiger partial charge in [0.05, 0.1) is 5.69 Å². The van der Waals surface area contributed by atoms with Crippen LogP contribution in [0, 0.1) is 6.92 Å². The normalized spacial score (nSPS) is 11.2. The number of aryl methyl sites for hydroxylation is 1. The molecule has 0 unspecified atom stereocenters. The van der Waals surface area contributed by atoms with Gasteiger partial charge in [-0.15, -0.1) is 16.4 Å². The second-order valence-corrected chi connectivity index (χ2v) is 6.95. The second-order valence-electron chi connectivity index (χ2n) is 5.15. The topological polar surface area (TPSA) is 85.9 Å². The molecule has 3 aromatic heterocycles. The lowest BCUT2D eigenvalue weighted by molar-refractivity contribution is 0.189. The number of aromatic nitrogens is 4. The van der Waals surface area contributed by atoms with Gasteiger partial charge in [-0.05, 0) is 25.5 Å². The highest BCUT2D eigenvalue weighted by molar-refractivity contribution is 7.98. The molecule has 0 aromatic carbocycles. The van der Waals surface area contributed by atoms with Gasteiger partial charge in [-0.1, -0.05) is 11.8 Å². The Bertz CT molecular complexity index is 849. The number of furan rings is 1. The summed E-state index contributed by atoms with van der Waals surface area (Å²) in [4.78, 5) is 16.4. The van der Waals surface area contributed by atoms with Crippen molar-refractivity contribution in [2.75, 3.05) is 13.7 Å². The summed E-state index contributed by atoms with van der Waals surface area (Å²) in [6, 6.07) is 3.85. The van der Waals surface area contributed by atoms with Gasteiger partial charge < -0.3 is 9.15 Å². The maximum atomic E-state index is 11.8. The summed E-state index contributed by atoms with van der Waals surface area (Å²) in [6.45, 7) is 3.10. The lowest BCUT2D eigenvalue weighted by Crippen LogP contribution is -2.18. The van der Waals surface area contributed by atoms with Crippen LogP contribution in [0.2, 0.25) is 0 Å². The number of thiazole rings is 1. The van der Waals surface area contributed by atoms with E-state index in [0.717, 1.165) is 28.6 Å². The first-order chi connectivity index (χ1) is 11.7. The number of methoxy groups -OCH3 is 1. The summed E-state index contributed by atoms with van der Waals surface area (Å²) in [6.07, 6.45) is 0.766. The van der Waals surface area contributed by atoms with Crippen LogP contribution in [0.25, 0.3) is 10.8 Å². The summed E-state index contributed by atoms with van der Waals surface area (Å²) in [5, 5.41) is 10.1. The van der Waals surface area contributed by atoms with Crippen molar-refractivity contribution >= 4 is 23.1 Å². The molecular formula is C15H18N4O3S2. The molecule has 0 bridgehead atoms. The molecule has 24 heavy (non-hydrogen) atoms. The Morgan fingerprint density at radius 3 is 3.08 bits per heavy atom. The molecule has 0 saturated heterocycles. The largest absolute Gasteiger partial charge is 0.459 e. The Morgan fingerprint density at radius 2 is 2.33 bits per heavy atom. The first-order valence-corrected chi connectivity index (χ1v) is 9.32. The first kappa shape index (κ1) is 17.0. The molecular weight excluding hydrogens is 348 g/mol. The molecule has 0 aliphatic heterocycles. The number of hydrogen-bond donors (Lipinski definition) is 1. The zero-order valence-electron chi connectivity index (χ0n) is 13.4. The monoisotopic (exact) mass is 366 g/mol. The Hall–Kier alpha value is -1.84. The maximum absolute atomic E-state index is 11.8. The average Bonchev–Trinajstić information content (AvgIpc) is 3.27. The van der Waals surface area contributed by atoms with E-state index >= 15 is 0 Å². The molecule has 0 amide bonds. The van der Waals surface area contributed by atoms with Gasteiger partial charge in [0.25, 0.3) is 0 Å². The molecule has 0 atom stereocenters. The highest BCUT2D eigenvalue weighted by atomic mass is 32.2. The zero-order chi connectivity index (χ0) is 16.9. The summed E-state index contributed by atoms with van der Waals surface area (Å²) in [5.41, 5.74) is 0.742. The fourth-order valence-electron chi connectivity index (χ4n) is 2.15. The first-order valence-electron chi connectivity index (χ1n) is 7.45. The summed E-state index contributed by atoms with van der Waals surface area (Å²) in [5.74, 6) is 2.29. The van der Waals surface area contributed by atoms with Gasteiger partial charge in [-0.25, -0.2) is 14.9 Å². The maximum Gasteiger partial charge on any atom is 0.343 e. The molecule has 128 valence electrons. The molecule has 0 aliphatic rings. The summed E-state index contributed by atoms with van der Waals surface area (Å²) in [7, 11) is 1.65. The molecule has 0 spiro atoms. The van der Waals surface area contributed by atoms with Crippen molar-refractivity contribution in [3.63, 3.8) is 0 Å². The predicted octanol–water partition coefficient (Wildman–Crippen LogP) is 2.93. The van der Waals surface area contributed by atoms with Crippen LogP contribution in [0.1, 0.15) is 17.9 Å². The van der Waals surface area contributed by atoms with E-state index in [1.165, 1.54) is 11.8 Å². The third-order valence-corrected chi connectivity index (χ3v) is 5.22. The molecule has 3 aromatic rings. The molecule has 0 aliphatic carbocycles. The van der Waals surface area contributed by atoms with Crippen molar-refractivity contribution in [2.24, 2.45) is 0 Å². The number of thioether (sulfide) groups is 1. The number of nitrogens with one attached hydrogen (secondary N) is 1. The van der Waals surface area contributed by atoms with Crippen LogP contribution in [0.4, 0.5) is 0 Å². The van der Waals surface area contributed by atoms with Crippen molar-refractivity contribution in [1.29, 1.82) is 0 Å². The molecule has 3 heterocycles. The van der Waals surface area contributed by atoms with E-state index < -0.39 is 0 Å².